The molecule has 0 aliphatic heterocycles. The van der Waals surface area contributed by atoms with Gasteiger partial charge < -0.3 is 25.3 Å². The van der Waals surface area contributed by atoms with Crippen LogP contribution in [0.1, 0.15) is 12.0 Å². The van der Waals surface area contributed by atoms with E-state index in [9.17, 15) is 14.0 Å². The van der Waals surface area contributed by atoms with Gasteiger partial charge in [-0.25, -0.2) is 9.18 Å². The number of amides is 3. The second-order valence-corrected chi connectivity index (χ2v) is 8.23. The van der Waals surface area contributed by atoms with Gasteiger partial charge in [0.05, 0.1) is 25.7 Å². The zero-order valence-corrected chi connectivity index (χ0v) is 20.7. The van der Waals surface area contributed by atoms with Gasteiger partial charge in [0.25, 0.3) is 0 Å². The fourth-order valence-corrected chi connectivity index (χ4v) is 3.65. The van der Waals surface area contributed by atoms with E-state index >= 15 is 0 Å². The third kappa shape index (κ3) is 6.74. The summed E-state index contributed by atoms with van der Waals surface area (Å²) >= 11 is 0. The molecule has 0 saturated heterocycles. The second-order valence-electron chi connectivity index (χ2n) is 8.23. The molecule has 0 atom stereocenters. The van der Waals surface area contributed by atoms with Crippen LogP contribution in [0.5, 0.6) is 23.0 Å². The Morgan fingerprint density at radius 2 is 1.79 bits per heavy atom. The predicted octanol–water partition coefficient (Wildman–Crippen LogP) is 4.79. The average molecular weight is 519 g/mol. The molecular formula is C28H27FN4O5. The van der Waals surface area contributed by atoms with E-state index < -0.39 is 17.8 Å². The minimum atomic E-state index is -0.768. The minimum Gasteiger partial charge on any atom is -0.493 e. The molecule has 3 aromatic carbocycles. The van der Waals surface area contributed by atoms with E-state index in [1.807, 2.05) is 6.07 Å². The summed E-state index contributed by atoms with van der Waals surface area (Å²) in [5, 5.41) is 5.26. The first-order valence-corrected chi connectivity index (χ1v) is 11.9. The van der Waals surface area contributed by atoms with E-state index in [0.29, 0.717) is 47.7 Å². The fraction of sp³-hybridized carbons (Fsp3) is 0.179. The van der Waals surface area contributed by atoms with Gasteiger partial charge in [0.15, 0.2) is 23.1 Å². The van der Waals surface area contributed by atoms with E-state index in [2.05, 4.69) is 15.6 Å². The van der Waals surface area contributed by atoms with Crippen LogP contribution < -0.4 is 30.6 Å². The highest BCUT2D eigenvalue weighted by molar-refractivity contribution is 6.01. The Balaban J connectivity index is 1.44. The first-order valence-electron chi connectivity index (χ1n) is 11.9. The number of imide groups is 1. The molecular weight excluding hydrogens is 491 g/mol. The highest BCUT2D eigenvalue weighted by Crippen LogP contribution is 2.37. The van der Waals surface area contributed by atoms with Crippen LogP contribution in [0.15, 0.2) is 72.9 Å². The molecule has 4 N–H and O–H groups in total. The van der Waals surface area contributed by atoms with Crippen molar-refractivity contribution < 1.29 is 28.2 Å². The van der Waals surface area contributed by atoms with Crippen molar-refractivity contribution in [3.05, 3.63) is 84.3 Å². The molecule has 1 aromatic heterocycles. The number of methoxy groups -OCH3 is 1. The summed E-state index contributed by atoms with van der Waals surface area (Å²) in [6, 6.07) is 17.2. The number of halogens is 1. The van der Waals surface area contributed by atoms with Crippen LogP contribution in [-0.4, -0.2) is 37.2 Å². The Kier molecular flexibility index (Phi) is 8.68. The number of carbonyl (C=O) groups is 2. The Morgan fingerprint density at radius 1 is 0.974 bits per heavy atom. The van der Waals surface area contributed by atoms with E-state index in [0.717, 1.165) is 11.6 Å². The highest BCUT2D eigenvalue weighted by atomic mass is 19.1. The van der Waals surface area contributed by atoms with Gasteiger partial charge in [0.1, 0.15) is 5.75 Å². The maximum absolute atomic E-state index is 14.9. The normalized spacial score (nSPS) is 10.6. The number of carbonyl (C=O) groups excluding carboxylic acids is 2. The maximum Gasteiger partial charge on any atom is 0.325 e. The van der Waals surface area contributed by atoms with Gasteiger partial charge in [0, 0.05) is 29.4 Å². The SMILES string of the molecule is COc1cc2c(Oc3ccc(NC(=O)NC(=O)Cc4ccccc4)cc3F)ccnc2cc1OCCCN. The number of benzene rings is 3. The number of nitrogens with zero attached hydrogens (tertiary/aromatic N) is 1. The molecule has 0 fully saturated rings. The van der Waals surface area contributed by atoms with Crippen LogP contribution in [0.2, 0.25) is 0 Å². The molecule has 4 aromatic rings. The lowest BCUT2D eigenvalue weighted by molar-refractivity contribution is -0.119. The topological polar surface area (TPSA) is 125 Å². The summed E-state index contributed by atoms with van der Waals surface area (Å²) in [4.78, 5) is 28.6. The van der Waals surface area contributed by atoms with Gasteiger partial charge in [-0.3, -0.25) is 15.1 Å². The molecule has 10 heteroatoms. The van der Waals surface area contributed by atoms with E-state index in [-0.39, 0.29) is 17.9 Å². The van der Waals surface area contributed by atoms with Crippen molar-refractivity contribution >= 4 is 28.5 Å². The number of anilines is 1. The predicted molar refractivity (Wildman–Crippen MR) is 141 cm³/mol. The number of urea groups is 1. The van der Waals surface area contributed by atoms with Crippen molar-refractivity contribution in [1.29, 1.82) is 0 Å². The highest BCUT2D eigenvalue weighted by Gasteiger charge is 2.15. The number of nitrogens with one attached hydrogen (secondary N) is 2. The molecule has 9 nitrogen and oxygen atoms in total. The molecule has 196 valence electrons. The van der Waals surface area contributed by atoms with Crippen molar-refractivity contribution in [1.82, 2.24) is 10.3 Å². The van der Waals surface area contributed by atoms with Gasteiger partial charge in [-0.1, -0.05) is 30.3 Å². The standard InChI is InChI=1S/C28H27FN4O5/c1-36-25-16-20-22(17-26(25)37-13-5-11-30)31-12-10-23(20)38-24-9-8-19(15-21(24)29)32-28(35)33-27(34)14-18-6-3-2-4-7-18/h2-4,6-10,12,15-17H,5,11,13-14,30H2,1H3,(H2,32,33,34,35). The zero-order valence-electron chi connectivity index (χ0n) is 20.7. The Bertz CT molecular complexity index is 1430. The zero-order chi connectivity index (χ0) is 26.9. The summed E-state index contributed by atoms with van der Waals surface area (Å²) in [5.41, 5.74) is 7.02. The lowest BCUT2D eigenvalue weighted by atomic mass is 10.1. The average Bonchev–Trinajstić information content (AvgIpc) is 2.90. The van der Waals surface area contributed by atoms with Crippen molar-refractivity contribution in [3.63, 3.8) is 0 Å². The largest absolute Gasteiger partial charge is 0.493 e. The summed E-state index contributed by atoms with van der Waals surface area (Å²) in [6.07, 6.45) is 2.27. The molecule has 0 spiro atoms. The number of hydrogen-bond acceptors (Lipinski definition) is 7. The summed E-state index contributed by atoms with van der Waals surface area (Å²) in [6.45, 7) is 0.933. The van der Waals surface area contributed by atoms with Crippen LogP contribution in [0.3, 0.4) is 0 Å². The molecule has 0 unspecified atom stereocenters. The van der Waals surface area contributed by atoms with Crippen LogP contribution in [0.4, 0.5) is 14.9 Å². The number of rotatable bonds is 10. The Morgan fingerprint density at radius 3 is 2.53 bits per heavy atom. The Labute approximate surface area is 218 Å². The summed E-state index contributed by atoms with van der Waals surface area (Å²) < 4.78 is 31.9. The van der Waals surface area contributed by atoms with Gasteiger partial charge in [-0.05, 0) is 42.8 Å². The monoisotopic (exact) mass is 518 g/mol. The van der Waals surface area contributed by atoms with E-state index in [4.69, 9.17) is 19.9 Å². The van der Waals surface area contributed by atoms with Crippen LogP contribution in [0, 0.1) is 5.82 Å². The van der Waals surface area contributed by atoms with Gasteiger partial charge in [-0.15, -0.1) is 0 Å². The van der Waals surface area contributed by atoms with Crippen LogP contribution in [-0.2, 0) is 11.2 Å². The molecule has 0 radical (unpaired) electrons. The van der Waals surface area contributed by atoms with Crippen molar-refractivity contribution in [3.8, 4) is 23.0 Å². The molecule has 0 aliphatic rings. The quantitative estimate of drug-likeness (QED) is 0.258. The smallest absolute Gasteiger partial charge is 0.325 e. The molecule has 38 heavy (non-hydrogen) atoms. The second kappa shape index (κ2) is 12.5. The lowest BCUT2D eigenvalue weighted by Gasteiger charge is -2.14. The van der Waals surface area contributed by atoms with Crippen LogP contribution in [0.25, 0.3) is 10.9 Å². The number of fused-ring (bicyclic) bond motifs is 1. The number of ether oxygens (including phenoxy) is 3. The molecule has 0 saturated carbocycles. The third-order valence-corrected chi connectivity index (χ3v) is 5.46. The van der Waals surface area contributed by atoms with Crippen molar-refractivity contribution in [2.24, 2.45) is 5.73 Å². The van der Waals surface area contributed by atoms with E-state index in [1.54, 1.807) is 48.7 Å². The Hall–Kier alpha value is -4.70. The lowest BCUT2D eigenvalue weighted by Crippen LogP contribution is -2.35. The minimum absolute atomic E-state index is 0.0430. The first-order chi connectivity index (χ1) is 18.5. The summed E-state index contributed by atoms with van der Waals surface area (Å²) in [5.74, 6) is 0.0797. The number of hydrogen-bond donors (Lipinski definition) is 3. The van der Waals surface area contributed by atoms with Gasteiger partial charge >= 0.3 is 6.03 Å². The van der Waals surface area contributed by atoms with Crippen molar-refractivity contribution in [2.45, 2.75) is 12.8 Å². The third-order valence-electron chi connectivity index (χ3n) is 5.46. The molecule has 1 heterocycles. The molecule has 0 aliphatic carbocycles. The van der Waals surface area contributed by atoms with E-state index in [1.165, 1.54) is 19.2 Å². The molecule has 0 bridgehead atoms. The number of pyridine rings is 1. The maximum atomic E-state index is 14.9. The first kappa shape index (κ1) is 26.4. The van der Waals surface area contributed by atoms with Gasteiger partial charge in [0.2, 0.25) is 5.91 Å². The fourth-order valence-electron chi connectivity index (χ4n) is 3.65. The van der Waals surface area contributed by atoms with Gasteiger partial charge in [-0.2, -0.15) is 0 Å². The van der Waals surface area contributed by atoms with Crippen molar-refractivity contribution in [2.75, 3.05) is 25.6 Å². The number of aromatic nitrogens is 1. The molecule has 4 rings (SSSR count). The van der Waals surface area contributed by atoms with Crippen LogP contribution >= 0.6 is 0 Å². The number of nitrogens with two attached hydrogens (primary N) is 1. The summed E-state index contributed by atoms with van der Waals surface area (Å²) in [7, 11) is 1.52. The molecule has 3 amide bonds.